The van der Waals surface area contributed by atoms with Crippen LogP contribution in [0.15, 0.2) is 24.3 Å². The van der Waals surface area contributed by atoms with Gasteiger partial charge in [-0.1, -0.05) is 11.6 Å². The smallest absolute Gasteiger partial charge is 0.321 e. The van der Waals surface area contributed by atoms with E-state index in [0.717, 1.165) is 4.70 Å². The molecule has 37 heavy (non-hydrogen) atoms. The first-order chi connectivity index (χ1) is 17.6. The zero-order valence-electron chi connectivity index (χ0n) is 20.2. The van der Waals surface area contributed by atoms with Gasteiger partial charge in [0.2, 0.25) is 11.8 Å². The number of urea groups is 1. The molecule has 1 aromatic carbocycles. The summed E-state index contributed by atoms with van der Waals surface area (Å²) in [5.74, 6) is -0.305. The molecule has 5 amide bonds. The Hall–Kier alpha value is -3.77. The number of imide groups is 1. The number of carbonyl (C=O) groups is 4. The van der Waals surface area contributed by atoms with Gasteiger partial charge in [0.05, 0.1) is 40.2 Å². The molecule has 3 aromatic rings. The summed E-state index contributed by atoms with van der Waals surface area (Å²) in [5.41, 5.74) is 0.599. The van der Waals surface area contributed by atoms with Crippen molar-refractivity contribution in [2.45, 2.75) is 44.8 Å². The highest BCUT2D eigenvalue weighted by Crippen LogP contribution is 2.36. The van der Waals surface area contributed by atoms with Gasteiger partial charge < -0.3 is 15.0 Å². The summed E-state index contributed by atoms with van der Waals surface area (Å²) in [6.07, 6.45) is 0.428. The van der Waals surface area contributed by atoms with Crippen LogP contribution in [0, 0.1) is 0 Å². The fraction of sp³-hybridized carbons (Fsp3) is 0.333. The molecule has 2 aliphatic rings. The van der Waals surface area contributed by atoms with Gasteiger partial charge in [0.25, 0.3) is 5.91 Å². The van der Waals surface area contributed by atoms with Gasteiger partial charge in [0, 0.05) is 12.5 Å². The van der Waals surface area contributed by atoms with E-state index >= 15 is 0 Å². The van der Waals surface area contributed by atoms with Crippen molar-refractivity contribution in [1.29, 1.82) is 0 Å². The lowest BCUT2D eigenvalue weighted by Crippen LogP contribution is -2.52. The molecular formula is C24H23ClN6O5S. The van der Waals surface area contributed by atoms with Crippen molar-refractivity contribution in [3.8, 4) is 5.75 Å². The topological polar surface area (TPSA) is 143 Å². The van der Waals surface area contributed by atoms with Gasteiger partial charge in [-0.15, -0.1) is 11.3 Å². The number of piperidine rings is 1. The number of aromatic nitrogens is 2. The Morgan fingerprint density at radius 3 is 2.76 bits per heavy atom. The minimum atomic E-state index is -0.834. The minimum Gasteiger partial charge on any atom is -0.497 e. The standard InChI is InChI=1S/C24H23ClN6O5S/c1-24(2,22-29-19-13(25)8-11(36-3)9-16(19)37-22)30-23(35)27-17-6-4-12-14(26-17)10-31(21(12)34)15-5-7-18(32)28-20(15)33/h4,6,8-9,15H,5,7,10H2,1-3H3,(H,28,32,33)(H2,26,27,30,35). The molecular weight excluding hydrogens is 520 g/mol. The molecule has 0 bridgehead atoms. The van der Waals surface area contributed by atoms with Gasteiger partial charge in [0.1, 0.15) is 28.1 Å². The van der Waals surface area contributed by atoms with Crippen LogP contribution in [0.3, 0.4) is 0 Å². The molecule has 5 rings (SSSR count). The van der Waals surface area contributed by atoms with Crippen LogP contribution in [-0.4, -0.2) is 51.8 Å². The lowest BCUT2D eigenvalue weighted by molar-refractivity contribution is -0.136. The van der Waals surface area contributed by atoms with E-state index in [4.69, 9.17) is 16.3 Å². The van der Waals surface area contributed by atoms with Crippen LogP contribution >= 0.6 is 22.9 Å². The average molecular weight is 543 g/mol. The van der Waals surface area contributed by atoms with Crippen molar-refractivity contribution in [3.63, 3.8) is 0 Å². The lowest BCUT2D eigenvalue weighted by atomic mass is 10.0. The lowest BCUT2D eigenvalue weighted by Gasteiger charge is -2.29. The molecule has 4 heterocycles. The third-order valence-electron chi connectivity index (χ3n) is 6.23. The molecule has 2 aromatic heterocycles. The SMILES string of the molecule is COc1cc(Cl)c2nc(C(C)(C)NC(=O)Nc3ccc4c(n3)CN(C3CCC(=O)NC3=O)C4=O)sc2c1. The highest BCUT2D eigenvalue weighted by atomic mass is 35.5. The van der Waals surface area contributed by atoms with E-state index in [2.05, 4.69) is 25.9 Å². The quantitative estimate of drug-likeness (QED) is 0.420. The van der Waals surface area contributed by atoms with Crippen molar-refractivity contribution in [3.05, 3.63) is 45.6 Å². The van der Waals surface area contributed by atoms with Crippen LogP contribution in [0.25, 0.3) is 10.2 Å². The largest absolute Gasteiger partial charge is 0.497 e. The second-order valence-corrected chi connectivity index (χ2v) is 10.7. The second kappa shape index (κ2) is 9.27. The maximum Gasteiger partial charge on any atom is 0.321 e. The van der Waals surface area contributed by atoms with Gasteiger partial charge >= 0.3 is 6.03 Å². The number of carbonyl (C=O) groups excluding carboxylic acids is 4. The Kier molecular flexibility index (Phi) is 6.24. The van der Waals surface area contributed by atoms with Crippen LogP contribution in [0.2, 0.25) is 5.02 Å². The number of hydrogen-bond donors (Lipinski definition) is 3. The maximum absolute atomic E-state index is 12.8. The monoisotopic (exact) mass is 542 g/mol. The van der Waals surface area contributed by atoms with Crippen molar-refractivity contribution >= 4 is 62.7 Å². The van der Waals surface area contributed by atoms with Gasteiger partial charge in [-0.3, -0.25) is 25.0 Å². The number of fused-ring (bicyclic) bond motifs is 2. The zero-order valence-corrected chi connectivity index (χ0v) is 21.7. The summed E-state index contributed by atoms with van der Waals surface area (Å²) in [7, 11) is 1.56. The molecule has 13 heteroatoms. The van der Waals surface area contributed by atoms with Crippen LogP contribution in [-0.2, 0) is 21.7 Å². The molecule has 192 valence electrons. The number of amides is 5. The molecule has 0 radical (unpaired) electrons. The molecule has 0 aliphatic carbocycles. The van der Waals surface area contributed by atoms with Crippen molar-refractivity contribution in [2.75, 3.05) is 12.4 Å². The van der Waals surface area contributed by atoms with E-state index in [0.29, 0.717) is 32.6 Å². The number of hydrogen-bond acceptors (Lipinski definition) is 8. The van der Waals surface area contributed by atoms with E-state index in [-0.39, 0.29) is 37.0 Å². The number of rotatable bonds is 5. The number of nitrogens with one attached hydrogen (secondary N) is 3. The molecule has 2 aliphatic heterocycles. The van der Waals surface area contributed by atoms with E-state index < -0.39 is 23.5 Å². The van der Waals surface area contributed by atoms with Crippen LogP contribution in [0.4, 0.5) is 10.6 Å². The molecule has 0 spiro atoms. The average Bonchev–Trinajstić information content (AvgIpc) is 3.41. The molecule has 1 unspecified atom stereocenters. The Morgan fingerprint density at radius 2 is 2.03 bits per heavy atom. The van der Waals surface area contributed by atoms with E-state index in [9.17, 15) is 19.2 Å². The van der Waals surface area contributed by atoms with Gasteiger partial charge in [-0.2, -0.15) is 0 Å². The Labute approximate surface area is 220 Å². The number of nitrogens with zero attached hydrogens (tertiary/aromatic N) is 3. The summed E-state index contributed by atoms with van der Waals surface area (Å²) in [4.78, 5) is 59.8. The maximum atomic E-state index is 12.8. The molecule has 3 N–H and O–H groups in total. The highest BCUT2D eigenvalue weighted by molar-refractivity contribution is 7.18. The molecule has 1 saturated heterocycles. The number of methoxy groups -OCH3 is 1. The predicted octanol–water partition coefficient (Wildman–Crippen LogP) is 3.17. The van der Waals surface area contributed by atoms with Crippen molar-refractivity contribution in [1.82, 2.24) is 25.5 Å². The summed E-state index contributed by atoms with van der Waals surface area (Å²) in [5, 5.41) is 8.98. The Bertz CT molecular complexity index is 1470. The van der Waals surface area contributed by atoms with Gasteiger partial charge in [0.15, 0.2) is 0 Å². The number of pyridine rings is 1. The summed E-state index contributed by atoms with van der Waals surface area (Å²) < 4.78 is 6.10. The van der Waals surface area contributed by atoms with Crippen molar-refractivity contribution in [2.24, 2.45) is 0 Å². The third-order valence-corrected chi connectivity index (χ3v) is 7.85. The Balaban J connectivity index is 1.28. The fourth-order valence-corrected chi connectivity index (χ4v) is 5.73. The van der Waals surface area contributed by atoms with Crippen LogP contribution in [0.1, 0.15) is 47.7 Å². The van der Waals surface area contributed by atoms with E-state index in [1.807, 2.05) is 19.9 Å². The Morgan fingerprint density at radius 1 is 1.24 bits per heavy atom. The first-order valence-electron chi connectivity index (χ1n) is 11.4. The minimum absolute atomic E-state index is 0.110. The molecule has 0 saturated carbocycles. The number of thiazole rings is 1. The van der Waals surface area contributed by atoms with Crippen LogP contribution < -0.4 is 20.7 Å². The predicted molar refractivity (Wildman–Crippen MR) is 137 cm³/mol. The third kappa shape index (κ3) is 4.69. The number of benzene rings is 1. The first-order valence-corrected chi connectivity index (χ1v) is 12.6. The van der Waals surface area contributed by atoms with Gasteiger partial charge in [-0.25, -0.2) is 14.8 Å². The number of anilines is 1. The van der Waals surface area contributed by atoms with E-state index in [1.54, 1.807) is 19.2 Å². The second-order valence-electron chi connectivity index (χ2n) is 9.27. The van der Waals surface area contributed by atoms with Crippen LogP contribution in [0.5, 0.6) is 5.75 Å². The normalized spacial score (nSPS) is 17.6. The number of halogens is 1. The van der Waals surface area contributed by atoms with E-state index in [1.165, 1.54) is 22.3 Å². The highest BCUT2D eigenvalue weighted by Gasteiger charge is 2.40. The number of ether oxygens (including phenoxy) is 1. The van der Waals surface area contributed by atoms with Crippen molar-refractivity contribution < 1.29 is 23.9 Å². The summed E-state index contributed by atoms with van der Waals surface area (Å²) >= 11 is 7.74. The van der Waals surface area contributed by atoms with Gasteiger partial charge in [-0.05, 0) is 38.5 Å². The molecule has 1 fully saturated rings. The first kappa shape index (κ1) is 24.9. The summed E-state index contributed by atoms with van der Waals surface area (Å²) in [6, 6.07) is 5.38. The molecule has 1 atom stereocenters. The molecule has 11 nitrogen and oxygen atoms in total. The fourth-order valence-electron chi connectivity index (χ4n) is 4.34. The zero-order chi connectivity index (χ0) is 26.5. The summed E-state index contributed by atoms with van der Waals surface area (Å²) in [6.45, 7) is 3.75.